The molecule has 2 aromatic heterocycles. The van der Waals surface area contributed by atoms with Gasteiger partial charge in [-0.25, -0.2) is 9.97 Å². The summed E-state index contributed by atoms with van der Waals surface area (Å²) >= 11 is 1.13. The zero-order chi connectivity index (χ0) is 23.2. The van der Waals surface area contributed by atoms with Gasteiger partial charge in [0.15, 0.2) is 0 Å². The van der Waals surface area contributed by atoms with Crippen LogP contribution in [0.3, 0.4) is 0 Å². The van der Waals surface area contributed by atoms with Gasteiger partial charge in [-0.15, -0.1) is 11.3 Å². The first-order chi connectivity index (χ1) is 15.7. The van der Waals surface area contributed by atoms with Crippen LogP contribution in [-0.2, 0) is 11.2 Å². The van der Waals surface area contributed by atoms with E-state index in [1.807, 2.05) is 0 Å². The van der Waals surface area contributed by atoms with Gasteiger partial charge in [-0.3, -0.25) is 4.90 Å². The molecule has 3 saturated heterocycles. The van der Waals surface area contributed by atoms with Gasteiger partial charge in [-0.05, 0) is 43.6 Å². The van der Waals surface area contributed by atoms with E-state index in [4.69, 9.17) is 4.74 Å². The van der Waals surface area contributed by atoms with Crippen molar-refractivity contribution >= 4 is 27.4 Å². The lowest BCUT2D eigenvalue weighted by molar-refractivity contribution is -0.126. The summed E-state index contributed by atoms with van der Waals surface area (Å²) in [4.78, 5) is 14.7. The molecule has 1 atom stereocenters. The van der Waals surface area contributed by atoms with Crippen LogP contribution in [0, 0.1) is 17.3 Å². The number of ether oxygens (including phenoxy) is 1. The largest absolute Gasteiger partial charge is 0.393 e. The summed E-state index contributed by atoms with van der Waals surface area (Å²) in [5.41, 5.74) is 0.266. The third-order valence-corrected chi connectivity index (χ3v) is 8.58. The maximum atomic E-state index is 12.9. The number of aromatic nitrogens is 2. The standard InChI is InChI=1S/C24H33F3N4OS/c1-16(2)9-20(17-3-7-32-8-4-17)31-13-23(14-31)5-6-30(12-23)21-19-10-18(11-24(25,26)27)33-22(19)29-15-28-21/h10,15-17,20H,3-9,11-14H2,1-2H3. The topological polar surface area (TPSA) is 41.5 Å². The highest BCUT2D eigenvalue weighted by Gasteiger charge is 2.51. The summed E-state index contributed by atoms with van der Waals surface area (Å²) in [6, 6.07) is 2.27. The molecular formula is C24H33F3N4OS. The summed E-state index contributed by atoms with van der Waals surface area (Å²) < 4.78 is 44.3. The molecule has 0 bridgehead atoms. The van der Waals surface area contributed by atoms with Crippen LogP contribution in [0.25, 0.3) is 10.2 Å². The molecular weight excluding hydrogens is 449 g/mol. The number of fused-ring (bicyclic) bond motifs is 1. The number of likely N-dealkylation sites (tertiary alicyclic amines) is 1. The molecule has 5 rings (SSSR count). The number of nitrogens with zero attached hydrogens (tertiary/aromatic N) is 4. The van der Waals surface area contributed by atoms with Crippen LogP contribution in [0.5, 0.6) is 0 Å². The predicted molar refractivity (Wildman–Crippen MR) is 125 cm³/mol. The highest BCUT2D eigenvalue weighted by molar-refractivity contribution is 7.18. The average Bonchev–Trinajstić information content (AvgIpc) is 3.34. The van der Waals surface area contributed by atoms with Gasteiger partial charge in [0.1, 0.15) is 17.0 Å². The van der Waals surface area contributed by atoms with Crippen molar-refractivity contribution in [2.75, 3.05) is 44.3 Å². The Labute approximate surface area is 197 Å². The van der Waals surface area contributed by atoms with Crippen molar-refractivity contribution in [3.8, 4) is 0 Å². The van der Waals surface area contributed by atoms with Crippen LogP contribution < -0.4 is 4.90 Å². The second-order valence-electron chi connectivity index (χ2n) is 10.6. The van der Waals surface area contributed by atoms with Crippen LogP contribution in [0.15, 0.2) is 12.4 Å². The van der Waals surface area contributed by atoms with E-state index in [0.29, 0.717) is 21.7 Å². The minimum atomic E-state index is -4.21. The third-order valence-electron chi connectivity index (χ3n) is 7.54. The zero-order valence-electron chi connectivity index (χ0n) is 19.4. The summed E-state index contributed by atoms with van der Waals surface area (Å²) in [6.07, 6.45) is 1.03. The number of hydrogen-bond acceptors (Lipinski definition) is 6. The molecule has 3 aliphatic heterocycles. The van der Waals surface area contributed by atoms with Crippen LogP contribution in [0.4, 0.5) is 19.0 Å². The van der Waals surface area contributed by atoms with Gasteiger partial charge in [-0.1, -0.05) is 13.8 Å². The fourth-order valence-electron chi connectivity index (χ4n) is 6.08. The second-order valence-corrected chi connectivity index (χ2v) is 11.8. The average molecular weight is 483 g/mol. The van der Waals surface area contributed by atoms with Crippen molar-refractivity contribution in [2.24, 2.45) is 17.3 Å². The molecule has 0 saturated carbocycles. The summed E-state index contributed by atoms with van der Waals surface area (Å²) in [6.45, 7) is 10.4. The van der Waals surface area contributed by atoms with E-state index in [-0.39, 0.29) is 5.41 Å². The normalized spacial score (nSPS) is 23.0. The lowest BCUT2D eigenvalue weighted by Gasteiger charge is -2.54. The highest BCUT2D eigenvalue weighted by Crippen LogP contribution is 2.45. The number of alkyl halides is 3. The summed E-state index contributed by atoms with van der Waals surface area (Å²) in [5.74, 6) is 2.19. The van der Waals surface area contributed by atoms with Gasteiger partial charge < -0.3 is 9.64 Å². The smallest absolute Gasteiger partial charge is 0.381 e. The van der Waals surface area contributed by atoms with Gasteiger partial charge >= 0.3 is 6.18 Å². The van der Waals surface area contributed by atoms with Crippen molar-refractivity contribution in [2.45, 2.75) is 58.2 Å². The Morgan fingerprint density at radius 1 is 1.18 bits per heavy atom. The third kappa shape index (κ3) is 5.00. The molecule has 0 aromatic carbocycles. The van der Waals surface area contributed by atoms with Crippen LogP contribution in [0.2, 0.25) is 0 Å². The Bertz CT molecular complexity index is 966. The van der Waals surface area contributed by atoms with Crippen molar-refractivity contribution in [3.63, 3.8) is 0 Å². The fraction of sp³-hybridized carbons (Fsp3) is 0.750. The Kier molecular flexibility index (Phi) is 6.33. The van der Waals surface area contributed by atoms with Gasteiger partial charge in [0.25, 0.3) is 0 Å². The number of hydrogen-bond donors (Lipinski definition) is 0. The van der Waals surface area contributed by atoms with E-state index in [1.54, 1.807) is 6.07 Å². The first-order valence-corrected chi connectivity index (χ1v) is 12.9. The first-order valence-electron chi connectivity index (χ1n) is 12.1. The molecule has 2 aromatic rings. The maximum absolute atomic E-state index is 12.9. The Hall–Kier alpha value is -1.45. The quantitative estimate of drug-likeness (QED) is 0.570. The Morgan fingerprint density at radius 2 is 1.94 bits per heavy atom. The molecule has 0 amide bonds. The van der Waals surface area contributed by atoms with E-state index in [1.165, 1.54) is 12.7 Å². The van der Waals surface area contributed by atoms with Gasteiger partial charge in [0.05, 0.1) is 11.8 Å². The predicted octanol–water partition coefficient (Wildman–Crippen LogP) is 5.15. The first kappa shape index (κ1) is 23.3. The van der Waals surface area contributed by atoms with Gasteiger partial charge in [0.2, 0.25) is 0 Å². The van der Waals surface area contributed by atoms with Crippen molar-refractivity contribution < 1.29 is 17.9 Å². The van der Waals surface area contributed by atoms with Crippen molar-refractivity contribution in [1.29, 1.82) is 0 Å². The highest BCUT2D eigenvalue weighted by atomic mass is 32.1. The van der Waals surface area contributed by atoms with Crippen molar-refractivity contribution in [1.82, 2.24) is 14.9 Å². The van der Waals surface area contributed by atoms with E-state index in [2.05, 4.69) is 33.6 Å². The molecule has 1 unspecified atom stereocenters. The number of thiophene rings is 1. The Morgan fingerprint density at radius 3 is 2.64 bits per heavy atom. The van der Waals surface area contributed by atoms with Crippen LogP contribution in [-0.4, -0.2) is 66.5 Å². The van der Waals surface area contributed by atoms with Gasteiger partial charge in [0, 0.05) is 55.7 Å². The number of anilines is 1. The summed E-state index contributed by atoms with van der Waals surface area (Å²) in [5, 5.41) is 0.759. The summed E-state index contributed by atoms with van der Waals surface area (Å²) in [7, 11) is 0. The minimum Gasteiger partial charge on any atom is -0.381 e. The molecule has 1 spiro atoms. The SMILES string of the molecule is CC(C)CC(C1CCOCC1)N1CC2(CCN(c3ncnc4sc(CC(F)(F)F)cc34)C2)C1. The molecule has 5 nitrogen and oxygen atoms in total. The molecule has 33 heavy (non-hydrogen) atoms. The van der Waals surface area contributed by atoms with Gasteiger partial charge in [-0.2, -0.15) is 13.2 Å². The minimum absolute atomic E-state index is 0.266. The van der Waals surface area contributed by atoms with E-state index in [9.17, 15) is 13.2 Å². The monoisotopic (exact) mass is 482 g/mol. The van der Waals surface area contributed by atoms with Crippen LogP contribution in [0.1, 0.15) is 44.4 Å². The lowest BCUT2D eigenvalue weighted by Crippen LogP contribution is -2.62. The number of rotatable bonds is 6. The lowest BCUT2D eigenvalue weighted by atomic mass is 9.74. The van der Waals surface area contributed by atoms with E-state index < -0.39 is 12.6 Å². The number of halogens is 3. The molecule has 182 valence electrons. The zero-order valence-corrected chi connectivity index (χ0v) is 20.2. The van der Waals surface area contributed by atoms with E-state index >= 15 is 0 Å². The van der Waals surface area contributed by atoms with Crippen molar-refractivity contribution in [3.05, 3.63) is 17.3 Å². The molecule has 0 aliphatic carbocycles. The molecule has 5 heterocycles. The molecule has 3 aliphatic rings. The Balaban J connectivity index is 1.28. The van der Waals surface area contributed by atoms with Crippen LogP contribution >= 0.6 is 11.3 Å². The molecule has 9 heteroatoms. The molecule has 0 N–H and O–H groups in total. The molecule has 3 fully saturated rings. The maximum Gasteiger partial charge on any atom is 0.393 e. The fourth-order valence-corrected chi connectivity index (χ4v) is 7.10. The molecule has 0 radical (unpaired) electrons. The van der Waals surface area contributed by atoms with E-state index in [0.717, 1.165) is 87.1 Å². The second kappa shape index (κ2) is 8.96.